The Morgan fingerprint density at radius 1 is 1.21 bits per heavy atom. The summed E-state index contributed by atoms with van der Waals surface area (Å²) in [7, 11) is 0. The molecule has 1 atom stereocenters. The standard InChI is InChI=1S/C13H16F4N2/c14-11-3-1-2-10(8-11)12(9-13(15,16)17)19-6-4-18-5-7-19/h1-3,8,12,18H,4-7,9H2/t12-/m1/s1. The molecule has 1 N–H and O–H groups in total. The summed E-state index contributed by atoms with van der Waals surface area (Å²) in [6.07, 6.45) is -5.21. The molecule has 1 aromatic carbocycles. The highest BCUT2D eigenvalue weighted by Crippen LogP contribution is 2.34. The molecule has 106 valence electrons. The third-order valence-corrected chi connectivity index (χ3v) is 3.25. The Morgan fingerprint density at radius 3 is 2.47 bits per heavy atom. The van der Waals surface area contributed by atoms with Crippen LogP contribution in [0.25, 0.3) is 0 Å². The van der Waals surface area contributed by atoms with Gasteiger partial charge < -0.3 is 5.32 Å². The van der Waals surface area contributed by atoms with E-state index in [1.165, 1.54) is 18.2 Å². The molecular formula is C13H16F4N2. The predicted octanol–water partition coefficient (Wildman–Crippen LogP) is 2.72. The van der Waals surface area contributed by atoms with Crippen molar-refractivity contribution < 1.29 is 17.6 Å². The topological polar surface area (TPSA) is 15.3 Å². The molecule has 1 aromatic rings. The van der Waals surface area contributed by atoms with Crippen molar-refractivity contribution in [3.63, 3.8) is 0 Å². The van der Waals surface area contributed by atoms with E-state index in [1.807, 2.05) is 0 Å². The minimum atomic E-state index is -4.26. The molecule has 1 heterocycles. The third-order valence-electron chi connectivity index (χ3n) is 3.25. The van der Waals surface area contributed by atoms with Crippen LogP contribution in [0.4, 0.5) is 17.6 Å². The van der Waals surface area contributed by atoms with Crippen LogP contribution in [0.15, 0.2) is 24.3 Å². The second-order valence-corrected chi connectivity index (χ2v) is 4.68. The zero-order valence-corrected chi connectivity index (χ0v) is 10.4. The number of rotatable bonds is 3. The molecule has 19 heavy (non-hydrogen) atoms. The van der Waals surface area contributed by atoms with Gasteiger partial charge in [-0.05, 0) is 17.7 Å². The van der Waals surface area contributed by atoms with Gasteiger partial charge in [0.15, 0.2) is 0 Å². The van der Waals surface area contributed by atoms with Gasteiger partial charge in [0.1, 0.15) is 5.82 Å². The van der Waals surface area contributed by atoms with E-state index in [4.69, 9.17) is 0 Å². The number of nitrogens with one attached hydrogen (secondary N) is 1. The molecule has 0 amide bonds. The Morgan fingerprint density at radius 2 is 1.89 bits per heavy atom. The summed E-state index contributed by atoms with van der Waals surface area (Å²) >= 11 is 0. The highest BCUT2D eigenvalue weighted by Gasteiger charge is 2.35. The normalized spacial score (nSPS) is 19.4. The minimum absolute atomic E-state index is 0.388. The molecule has 0 radical (unpaired) electrons. The lowest BCUT2D eigenvalue weighted by atomic mass is 10.0. The highest BCUT2D eigenvalue weighted by molar-refractivity contribution is 5.20. The van der Waals surface area contributed by atoms with Crippen LogP contribution >= 0.6 is 0 Å². The van der Waals surface area contributed by atoms with E-state index < -0.39 is 24.5 Å². The van der Waals surface area contributed by atoms with Gasteiger partial charge >= 0.3 is 6.18 Å². The summed E-state index contributed by atoms with van der Waals surface area (Å²) in [4.78, 5) is 1.76. The lowest BCUT2D eigenvalue weighted by Gasteiger charge is -2.35. The molecule has 0 aromatic heterocycles. The first-order valence-electron chi connectivity index (χ1n) is 6.23. The summed E-state index contributed by atoms with van der Waals surface area (Å²) in [5.41, 5.74) is 0.388. The summed E-state index contributed by atoms with van der Waals surface area (Å²) in [6, 6.07) is 4.64. The Hall–Kier alpha value is -1.14. The van der Waals surface area contributed by atoms with Gasteiger partial charge in [0.25, 0.3) is 0 Å². The maximum absolute atomic E-state index is 13.2. The first-order chi connectivity index (χ1) is 8.96. The van der Waals surface area contributed by atoms with Gasteiger partial charge in [-0.15, -0.1) is 0 Å². The Kier molecular flexibility index (Phi) is 4.42. The summed E-state index contributed by atoms with van der Waals surface area (Å²) in [5, 5.41) is 3.10. The van der Waals surface area contributed by atoms with Crippen molar-refractivity contribution in [1.82, 2.24) is 10.2 Å². The second kappa shape index (κ2) is 5.88. The molecule has 6 heteroatoms. The molecule has 0 bridgehead atoms. The van der Waals surface area contributed by atoms with E-state index in [-0.39, 0.29) is 0 Å². The van der Waals surface area contributed by atoms with Gasteiger partial charge in [-0.3, -0.25) is 4.90 Å². The maximum atomic E-state index is 13.2. The molecule has 1 fully saturated rings. The molecule has 1 aliphatic heterocycles. The number of hydrogen-bond acceptors (Lipinski definition) is 2. The average Bonchev–Trinajstić information content (AvgIpc) is 2.36. The largest absolute Gasteiger partial charge is 0.390 e. The van der Waals surface area contributed by atoms with Gasteiger partial charge in [-0.2, -0.15) is 13.2 Å². The van der Waals surface area contributed by atoms with Gasteiger partial charge in [0.05, 0.1) is 6.42 Å². The first kappa shape index (κ1) is 14.3. The van der Waals surface area contributed by atoms with E-state index in [0.29, 0.717) is 31.7 Å². The first-order valence-corrected chi connectivity index (χ1v) is 6.23. The lowest BCUT2D eigenvalue weighted by molar-refractivity contribution is -0.148. The number of hydrogen-bond donors (Lipinski definition) is 1. The van der Waals surface area contributed by atoms with E-state index in [9.17, 15) is 17.6 Å². The number of halogens is 4. The van der Waals surface area contributed by atoms with Crippen LogP contribution in [0, 0.1) is 5.82 Å². The molecule has 0 saturated carbocycles. The summed E-state index contributed by atoms with van der Waals surface area (Å²) in [6.45, 7) is 2.39. The third kappa shape index (κ3) is 4.18. The minimum Gasteiger partial charge on any atom is -0.314 e. The van der Waals surface area contributed by atoms with E-state index in [0.717, 1.165) is 0 Å². The van der Waals surface area contributed by atoms with Crippen LogP contribution < -0.4 is 5.32 Å². The quantitative estimate of drug-likeness (QED) is 0.854. The Labute approximate surface area is 109 Å². The van der Waals surface area contributed by atoms with Crippen LogP contribution in [0.2, 0.25) is 0 Å². The van der Waals surface area contributed by atoms with Crippen LogP contribution in [-0.4, -0.2) is 37.3 Å². The maximum Gasteiger partial charge on any atom is 0.390 e. The molecule has 2 nitrogen and oxygen atoms in total. The molecule has 0 aliphatic carbocycles. The van der Waals surface area contributed by atoms with Crippen molar-refractivity contribution in [1.29, 1.82) is 0 Å². The molecule has 1 aliphatic rings. The van der Waals surface area contributed by atoms with Gasteiger partial charge in [-0.1, -0.05) is 12.1 Å². The number of piperazine rings is 1. The highest BCUT2D eigenvalue weighted by atomic mass is 19.4. The van der Waals surface area contributed by atoms with Crippen LogP contribution in [0.5, 0.6) is 0 Å². The molecule has 0 unspecified atom stereocenters. The van der Waals surface area contributed by atoms with E-state index >= 15 is 0 Å². The van der Waals surface area contributed by atoms with Crippen LogP contribution in [-0.2, 0) is 0 Å². The number of alkyl halides is 3. The molecule has 0 spiro atoms. The smallest absolute Gasteiger partial charge is 0.314 e. The monoisotopic (exact) mass is 276 g/mol. The fourth-order valence-corrected chi connectivity index (χ4v) is 2.38. The lowest BCUT2D eigenvalue weighted by Crippen LogP contribution is -2.46. The fourth-order valence-electron chi connectivity index (χ4n) is 2.38. The Bertz CT molecular complexity index is 413. The number of benzene rings is 1. The van der Waals surface area contributed by atoms with Gasteiger partial charge in [0, 0.05) is 32.2 Å². The van der Waals surface area contributed by atoms with Crippen molar-refractivity contribution >= 4 is 0 Å². The zero-order valence-electron chi connectivity index (χ0n) is 10.4. The van der Waals surface area contributed by atoms with Gasteiger partial charge in [-0.25, -0.2) is 4.39 Å². The fraction of sp³-hybridized carbons (Fsp3) is 0.538. The Balaban J connectivity index is 2.22. The molecule has 2 rings (SSSR count). The van der Waals surface area contributed by atoms with Crippen LogP contribution in [0.1, 0.15) is 18.0 Å². The van der Waals surface area contributed by atoms with E-state index in [2.05, 4.69) is 5.32 Å². The van der Waals surface area contributed by atoms with Crippen molar-refractivity contribution in [3.8, 4) is 0 Å². The van der Waals surface area contributed by atoms with Gasteiger partial charge in [0.2, 0.25) is 0 Å². The number of nitrogens with zero attached hydrogens (tertiary/aromatic N) is 1. The second-order valence-electron chi connectivity index (χ2n) is 4.68. The van der Waals surface area contributed by atoms with Crippen molar-refractivity contribution in [2.24, 2.45) is 0 Å². The molecule has 1 saturated heterocycles. The summed E-state index contributed by atoms with van der Waals surface area (Å²) in [5.74, 6) is -0.500. The summed E-state index contributed by atoms with van der Waals surface area (Å²) < 4.78 is 51.3. The average molecular weight is 276 g/mol. The molecular weight excluding hydrogens is 260 g/mol. The van der Waals surface area contributed by atoms with Crippen molar-refractivity contribution in [2.45, 2.75) is 18.6 Å². The van der Waals surface area contributed by atoms with Crippen molar-refractivity contribution in [2.75, 3.05) is 26.2 Å². The van der Waals surface area contributed by atoms with E-state index in [1.54, 1.807) is 11.0 Å². The van der Waals surface area contributed by atoms with Crippen molar-refractivity contribution in [3.05, 3.63) is 35.6 Å². The zero-order chi connectivity index (χ0) is 13.9. The van der Waals surface area contributed by atoms with Crippen LogP contribution in [0.3, 0.4) is 0 Å². The SMILES string of the molecule is Fc1cccc([C@@H](CC(F)(F)F)N2CCNCC2)c1. The predicted molar refractivity (Wildman–Crippen MR) is 64.3 cm³/mol.